The molecule has 1 aliphatic heterocycles. The number of halogens is 1. The average Bonchev–Trinajstić information content (AvgIpc) is 2.76. The maximum atomic E-state index is 11.2. The van der Waals surface area contributed by atoms with Crippen LogP contribution in [0.5, 0.6) is 0 Å². The number of nitrogens with zero attached hydrogens (tertiary/aromatic N) is 1. The molecule has 0 radical (unpaired) electrons. The van der Waals surface area contributed by atoms with Gasteiger partial charge in [-0.25, -0.2) is 0 Å². The van der Waals surface area contributed by atoms with E-state index in [1.165, 1.54) is 20.1 Å². The van der Waals surface area contributed by atoms with Gasteiger partial charge in [0.25, 0.3) is 0 Å². The lowest BCUT2D eigenvalue weighted by Gasteiger charge is -2.20. The summed E-state index contributed by atoms with van der Waals surface area (Å²) in [6, 6.07) is 0.638. The Bertz CT molecular complexity index is 249. The van der Waals surface area contributed by atoms with Crippen LogP contribution in [0.3, 0.4) is 0 Å². The molecule has 1 heterocycles. The van der Waals surface area contributed by atoms with Gasteiger partial charge in [0.2, 0.25) is 0 Å². The molecule has 0 aromatic heterocycles. The van der Waals surface area contributed by atoms with Crippen LogP contribution in [0.4, 0.5) is 0 Å². The van der Waals surface area contributed by atoms with Crippen molar-refractivity contribution in [2.45, 2.75) is 31.1 Å². The highest BCUT2D eigenvalue weighted by molar-refractivity contribution is 9.10. The van der Waals surface area contributed by atoms with Gasteiger partial charge in [0.1, 0.15) is 4.83 Å². The number of carbonyl (C=O) groups is 1. The minimum Gasteiger partial charge on any atom is -0.468 e. The number of alkyl halides is 1. The predicted molar refractivity (Wildman–Crippen MR) is 72.4 cm³/mol. The van der Waals surface area contributed by atoms with Crippen molar-refractivity contribution in [1.29, 1.82) is 0 Å². The summed E-state index contributed by atoms with van der Waals surface area (Å²) < 4.78 is 4.65. The Hall–Kier alpha value is -0.130. The number of esters is 1. The van der Waals surface area contributed by atoms with Gasteiger partial charge in [-0.05, 0) is 39.3 Å². The zero-order chi connectivity index (χ0) is 12.8. The average molecular weight is 307 g/mol. The van der Waals surface area contributed by atoms with Crippen LogP contribution >= 0.6 is 15.9 Å². The number of rotatable bonds is 6. The normalized spacial score (nSPS) is 23.0. The van der Waals surface area contributed by atoms with Gasteiger partial charge in [-0.1, -0.05) is 15.9 Å². The number of hydrogen-bond donors (Lipinski definition) is 1. The number of carbonyl (C=O) groups excluding carboxylic acids is 1. The summed E-state index contributed by atoms with van der Waals surface area (Å²) in [5.41, 5.74) is 0. The molecule has 0 spiro atoms. The predicted octanol–water partition coefficient (Wildman–Crippen LogP) is 1.24. The number of ether oxygens (including phenoxy) is 1. The van der Waals surface area contributed by atoms with Crippen LogP contribution in [0.1, 0.15) is 20.3 Å². The SMILES string of the molecule is COC(=O)C(Br)CNCC1CCN(C(C)C)C1. The Labute approximate surface area is 112 Å². The standard InChI is InChI=1S/C12H23BrN2O2/c1-9(2)15-5-4-10(8-15)6-14-7-11(13)12(16)17-3/h9-11,14H,4-8H2,1-3H3. The summed E-state index contributed by atoms with van der Waals surface area (Å²) in [6.45, 7) is 8.44. The number of hydrogen-bond acceptors (Lipinski definition) is 4. The highest BCUT2D eigenvalue weighted by Crippen LogP contribution is 2.17. The van der Waals surface area contributed by atoms with Gasteiger partial charge in [0.15, 0.2) is 0 Å². The fraction of sp³-hybridized carbons (Fsp3) is 0.917. The molecule has 0 saturated carbocycles. The second-order valence-electron chi connectivity index (χ2n) is 4.89. The molecule has 4 nitrogen and oxygen atoms in total. The third kappa shape index (κ3) is 4.94. The molecule has 1 rings (SSSR count). The number of likely N-dealkylation sites (tertiary alicyclic amines) is 1. The Kier molecular flexibility index (Phi) is 6.44. The minimum atomic E-state index is -0.241. The van der Waals surface area contributed by atoms with Gasteiger partial charge < -0.3 is 15.0 Å². The summed E-state index contributed by atoms with van der Waals surface area (Å²) >= 11 is 3.30. The second-order valence-corrected chi connectivity index (χ2v) is 6.00. The summed E-state index contributed by atoms with van der Waals surface area (Å²) in [6.07, 6.45) is 1.25. The molecule has 0 aliphatic carbocycles. The van der Waals surface area contributed by atoms with E-state index in [0.29, 0.717) is 18.5 Å². The first kappa shape index (κ1) is 14.9. The molecule has 17 heavy (non-hydrogen) atoms. The monoisotopic (exact) mass is 306 g/mol. The molecular weight excluding hydrogens is 284 g/mol. The van der Waals surface area contributed by atoms with Gasteiger partial charge in [0.05, 0.1) is 7.11 Å². The van der Waals surface area contributed by atoms with E-state index in [1.807, 2.05) is 0 Å². The Morgan fingerprint density at radius 3 is 2.82 bits per heavy atom. The first-order valence-electron chi connectivity index (χ1n) is 6.21. The molecule has 1 fully saturated rings. The van der Waals surface area contributed by atoms with E-state index in [1.54, 1.807) is 0 Å². The van der Waals surface area contributed by atoms with E-state index >= 15 is 0 Å². The van der Waals surface area contributed by atoms with E-state index < -0.39 is 0 Å². The van der Waals surface area contributed by atoms with Crippen LogP contribution in [-0.2, 0) is 9.53 Å². The van der Waals surface area contributed by atoms with E-state index in [9.17, 15) is 4.79 Å². The van der Waals surface area contributed by atoms with Crippen molar-refractivity contribution < 1.29 is 9.53 Å². The lowest BCUT2D eigenvalue weighted by Crippen LogP contribution is -2.34. The van der Waals surface area contributed by atoms with Gasteiger partial charge in [-0.2, -0.15) is 0 Å². The Morgan fingerprint density at radius 1 is 1.59 bits per heavy atom. The largest absolute Gasteiger partial charge is 0.468 e. The van der Waals surface area contributed by atoms with E-state index in [-0.39, 0.29) is 10.8 Å². The number of nitrogens with one attached hydrogen (secondary N) is 1. The van der Waals surface area contributed by atoms with E-state index in [2.05, 4.69) is 44.7 Å². The van der Waals surface area contributed by atoms with Crippen molar-refractivity contribution in [3.8, 4) is 0 Å². The lowest BCUT2D eigenvalue weighted by molar-refractivity contribution is -0.139. The molecule has 0 amide bonds. The van der Waals surface area contributed by atoms with Crippen LogP contribution in [0.2, 0.25) is 0 Å². The van der Waals surface area contributed by atoms with Crippen LogP contribution in [0, 0.1) is 5.92 Å². The van der Waals surface area contributed by atoms with E-state index in [4.69, 9.17) is 0 Å². The lowest BCUT2D eigenvalue weighted by atomic mass is 10.1. The van der Waals surface area contributed by atoms with Crippen molar-refractivity contribution in [1.82, 2.24) is 10.2 Å². The maximum Gasteiger partial charge on any atom is 0.320 e. The molecule has 0 aromatic carbocycles. The van der Waals surface area contributed by atoms with Crippen molar-refractivity contribution in [2.24, 2.45) is 5.92 Å². The first-order chi connectivity index (χ1) is 8.04. The van der Waals surface area contributed by atoms with Gasteiger partial charge >= 0.3 is 5.97 Å². The highest BCUT2D eigenvalue weighted by Gasteiger charge is 2.24. The van der Waals surface area contributed by atoms with Crippen molar-refractivity contribution >= 4 is 21.9 Å². The Balaban J connectivity index is 2.14. The van der Waals surface area contributed by atoms with Crippen molar-refractivity contribution in [3.05, 3.63) is 0 Å². The first-order valence-corrected chi connectivity index (χ1v) is 7.12. The van der Waals surface area contributed by atoms with Gasteiger partial charge in [0, 0.05) is 19.1 Å². The molecule has 1 saturated heterocycles. The smallest absolute Gasteiger partial charge is 0.320 e. The topological polar surface area (TPSA) is 41.6 Å². The van der Waals surface area contributed by atoms with Crippen LogP contribution in [-0.4, -0.2) is 55.0 Å². The van der Waals surface area contributed by atoms with Crippen LogP contribution < -0.4 is 5.32 Å². The molecule has 5 heteroatoms. The minimum absolute atomic E-state index is 0.215. The fourth-order valence-corrected chi connectivity index (χ4v) is 2.54. The van der Waals surface area contributed by atoms with E-state index in [0.717, 1.165) is 13.1 Å². The summed E-state index contributed by atoms with van der Waals surface area (Å²) in [7, 11) is 1.41. The molecule has 1 N–H and O–H groups in total. The summed E-state index contributed by atoms with van der Waals surface area (Å²) in [5, 5.41) is 3.33. The molecule has 1 aliphatic rings. The van der Waals surface area contributed by atoms with Crippen LogP contribution in [0.15, 0.2) is 0 Å². The van der Waals surface area contributed by atoms with Crippen LogP contribution in [0.25, 0.3) is 0 Å². The zero-order valence-electron chi connectivity index (χ0n) is 10.9. The highest BCUT2D eigenvalue weighted by atomic mass is 79.9. The molecule has 0 aromatic rings. The molecule has 100 valence electrons. The summed E-state index contributed by atoms with van der Waals surface area (Å²) in [5.74, 6) is 0.488. The molecule has 2 atom stereocenters. The van der Waals surface area contributed by atoms with Gasteiger partial charge in [-0.15, -0.1) is 0 Å². The van der Waals surface area contributed by atoms with Crippen molar-refractivity contribution in [2.75, 3.05) is 33.3 Å². The Morgan fingerprint density at radius 2 is 2.29 bits per heavy atom. The third-order valence-electron chi connectivity index (χ3n) is 3.26. The van der Waals surface area contributed by atoms with Crippen molar-refractivity contribution in [3.63, 3.8) is 0 Å². The maximum absolute atomic E-state index is 11.2. The molecule has 0 bridgehead atoms. The number of methoxy groups -OCH3 is 1. The molecular formula is C12H23BrN2O2. The molecule has 2 unspecified atom stereocenters. The van der Waals surface area contributed by atoms with Gasteiger partial charge in [-0.3, -0.25) is 4.79 Å². The zero-order valence-corrected chi connectivity index (χ0v) is 12.5. The third-order valence-corrected chi connectivity index (χ3v) is 3.96. The fourth-order valence-electron chi connectivity index (χ4n) is 2.12. The second kappa shape index (κ2) is 7.34. The summed E-state index contributed by atoms with van der Waals surface area (Å²) in [4.78, 5) is 13.4. The quantitative estimate of drug-likeness (QED) is 0.592.